The molecular weight excluding hydrogens is 571 g/mol. The molecule has 0 radical (unpaired) electrons. The zero-order chi connectivity index (χ0) is 29.5. The molecule has 0 fully saturated rings. The molecule has 0 atom stereocenters. The number of nitrogens with zero attached hydrogens (tertiary/aromatic N) is 2. The lowest BCUT2D eigenvalue weighted by molar-refractivity contribution is -0.356. The molecule has 2 aromatic carbocycles. The molecule has 0 saturated heterocycles. The Morgan fingerprint density at radius 3 is 2.44 bits per heavy atom. The van der Waals surface area contributed by atoms with Crippen molar-refractivity contribution < 1.29 is 40.2 Å². The number of benzene rings is 2. The Balaban J connectivity index is 1.51. The Morgan fingerprint density at radius 1 is 1.12 bits per heavy atom. The third kappa shape index (κ3) is 5.31. The van der Waals surface area contributed by atoms with Crippen LogP contribution in [0.4, 0.5) is 31.9 Å². The molecule has 13 heteroatoms. The van der Waals surface area contributed by atoms with Crippen LogP contribution in [-0.4, -0.2) is 46.5 Å². The van der Waals surface area contributed by atoms with E-state index in [4.69, 9.17) is 11.6 Å². The van der Waals surface area contributed by atoms with E-state index < -0.39 is 25.3 Å². The Labute approximate surface area is 235 Å². The van der Waals surface area contributed by atoms with Crippen LogP contribution >= 0.6 is 11.6 Å². The average molecular weight is 592 g/mol. The molecule has 1 aromatic heterocycles. The number of aromatic nitrogens is 1. The summed E-state index contributed by atoms with van der Waals surface area (Å²) in [5.41, 5.74) is 3.58. The highest BCUT2D eigenvalue weighted by Crippen LogP contribution is 2.42. The van der Waals surface area contributed by atoms with Gasteiger partial charge in [0.1, 0.15) is 17.8 Å². The number of fused-ring (bicyclic) bond motifs is 2. The number of hydrogen-bond donors (Lipinski definition) is 1. The van der Waals surface area contributed by atoms with Gasteiger partial charge in [0.15, 0.2) is 5.70 Å². The number of carbonyl (C=O) groups excluding carboxylic acids is 1. The van der Waals surface area contributed by atoms with Gasteiger partial charge in [-0.05, 0) is 60.0 Å². The van der Waals surface area contributed by atoms with Gasteiger partial charge in [0.2, 0.25) is 5.91 Å². The van der Waals surface area contributed by atoms with Crippen molar-refractivity contribution >= 4 is 54.1 Å². The average Bonchev–Trinajstić information content (AvgIpc) is 3.55. The number of anilines is 1. The van der Waals surface area contributed by atoms with Gasteiger partial charge >= 0.3 is 19.5 Å². The molecule has 0 unspecified atom stereocenters. The minimum atomic E-state index is -4.64. The van der Waals surface area contributed by atoms with Gasteiger partial charge in [-0.25, -0.2) is 0 Å². The van der Waals surface area contributed by atoms with Gasteiger partial charge in [-0.1, -0.05) is 30.3 Å². The minimum absolute atomic E-state index is 0.190. The van der Waals surface area contributed by atoms with E-state index in [-0.39, 0.29) is 17.5 Å². The SMILES string of the molecule is Cc1cc(/C=C/c2ccc(OC(F)(F)C(F)F)cc2)n2c1C(c1ccc(NC(=O)CCl)cc1)=C1C=CC=[N+]1[B-]2(F)F. The van der Waals surface area contributed by atoms with Crippen LogP contribution in [-0.2, 0) is 4.79 Å². The molecule has 0 saturated carbocycles. The monoisotopic (exact) mass is 591 g/mol. The fourth-order valence-electron chi connectivity index (χ4n) is 4.81. The van der Waals surface area contributed by atoms with Crippen molar-refractivity contribution in [3.63, 3.8) is 0 Å². The zero-order valence-corrected chi connectivity index (χ0v) is 22.1. The van der Waals surface area contributed by atoms with Crippen molar-refractivity contribution in [2.45, 2.75) is 19.5 Å². The molecule has 0 aliphatic carbocycles. The van der Waals surface area contributed by atoms with E-state index in [0.29, 0.717) is 39.3 Å². The highest BCUT2D eigenvalue weighted by Gasteiger charge is 2.53. The molecule has 0 bridgehead atoms. The maximum absolute atomic E-state index is 16.0. The van der Waals surface area contributed by atoms with E-state index >= 15 is 8.63 Å². The number of rotatable bonds is 8. The predicted molar refractivity (Wildman–Crippen MR) is 147 cm³/mol. The molecule has 3 heterocycles. The van der Waals surface area contributed by atoms with E-state index in [9.17, 15) is 22.4 Å². The second kappa shape index (κ2) is 10.7. The maximum atomic E-state index is 16.0. The molecule has 2 aliphatic rings. The second-order valence-electron chi connectivity index (χ2n) is 9.36. The topological polar surface area (TPSA) is 46.3 Å². The van der Waals surface area contributed by atoms with Crippen LogP contribution < -0.4 is 10.1 Å². The summed E-state index contributed by atoms with van der Waals surface area (Å²) in [6.45, 7) is -2.57. The second-order valence-corrected chi connectivity index (χ2v) is 9.63. The molecule has 5 rings (SSSR count). The van der Waals surface area contributed by atoms with Crippen LogP contribution in [0.15, 0.2) is 72.4 Å². The Morgan fingerprint density at radius 2 is 1.80 bits per heavy atom. The molecule has 212 valence electrons. The number of allylic oxidation sites excluding steroid dienone is 2. The summed E-state index contributed by atoms with van der Waals surface area (Å²) >= 11 is 5.55. The molecule has 0 spiro atoms. The summed E-state index contributed by atoms with van der Waals surface area (Å²) in [5, 5.41) is 2.64. The summed E-state index contributed by atoms with van der Waals surface area (Å²) in [5.74, 6) is -1.06. The first kappa shape index (κ1) is 28.3. The quantitative estimate of drug-likeness (QED) is 0.174. The lowest BCUT2D eigenvalue weighted by Crippen LogP contribution is -2.50. The molecular formula is C28H21BClF6N3O2. The summed E-state index contributed by atoms with van der Waals surface area (Å²) < 4.78 is 89.0. The third-order valence-electron chi connectivity index (χ3n) is 6.59. The Hall–Kier alpha value is -4.19. The van der Waals surface area contributed by atoms with Gasteiger partial charge in [-0.15, -0.1) is 11.6 Å². The number of alkyl halides is 5. The van der Waals surface area contributed by atoms with E-state index in [1.807, 2.05) is 0 Å². The Bertz CT molecular complexity index is 1630. The van der Waals surface area contributed by atoms with E-state index in [1.54, 1.807) is 49.4 Å². The Kier molecular flexibility index (Phi) is 7.37. The minimum Gasteiger partial charge on any atom is -0.428 e. The number of amides is 1. The molecule has 3 aromatic rings. The van der Waals surface area contributed by atoms with Crippen molar-refractivity contribution in [1.82, 2.24) is 4.48 Å². The van der Waals surface area contributed by atoms with Crippen LogP contribution in [0.25, 0.3) is 17.7 Å². The highest BCUT2D eigenvalue weighted by molar-refractivity contribution is 6.58. The van der Waals surface area contributed by atoms with Gasteiger partial charge in [0, 0.05) is 29.2 Å². The van der Waals surface area contributed by atoms with Crippen LogP contribution in [0.2, 0.25) is 0 Å². The predicted octanol–water partition coefficient (Wildman–Crippen LogP) is 7.03. The molecule has 1 amide bonds. The number of aryl methyl sites for hydroxylation is 1. The van der Waals surface area contributed by atoms with Gasteiger partial charge in [-0.2, -0.15) is 17.6 Å². The van der Waals surface area contributed by atoms with Crippen molar-refractivity contribution in [3.05, 3.63) is 101 Å². The standard InChI is InChI=1S/C28H21BClF6N3O2/c1-17-15-21(11-4-18-5-12-22(13-6-18)41-28(33,34)27(31)32)39-26(17)25(23-3-2-14-38(23)29(39,35)36)19-7-9-20(10-8-19)37-24(40)16-30/h2-15,27H,16H2,1H3,(H,37,40)/b11-4+. The van der Waals surface area contributed by atoms with Crippen LogP contribution in [0.3, 0.4) is 0 Å². The summed E-state index contributed by atoms with van der Waals surface area (Å²) in [6.07, 6.45) is -1.21. The number of hydrogen-bond acceptors (Lipinski definition) is 2. The van der Waals surface area contributed by atoms with Crippen molar-refractivity contribution in [2.75, 3.05) is 11.2 Å². The van der Waals surface area contributed by atoms with Gasteiger partial charge in [-0.3, -0.25) is 4.79 Å². The van der Waals surface area contributed by atoms with Crippen LogP contribution in [0, 0.1) is 6.92 Å². The van der Waals surface area contributed by atoms with Crippen molar-refractivity contribution in [1.29, 1.82) is 0 Å². The van der Waals surface area contributed by atoms with Gasteiger partial charge < -0.3 is 27.6 Å². The van der Waals surface area contributed by atoms with Gasteiger partial charge in [0.05, 0.1) is 5.57 Å². The van der Waals surface area contributed by atoms with E-state index in [2.05, 4.69) is 10.1 Å². The number of halogens is 7. The zero-order valence-electron chi connectivity index (χ0n) is 21.3. The first-order valence-electron chi connectivity index (χ1n) is 12.3. The lowest BCUT2D eigenvalue weighted by atomic mass is 9.85. The summed E-state index contributed by atoms with van der Waals surface area (Å²) in [6, 6.07) is 13.2. The molecule has 41 heavy (non-hydrogen) atoms. The third-order valence-corrected chi connectivity index (χ3v) is 6.83. The molecule has 5 nitrogen and oxygen atoms in total. The normalized spacial score (nSPS) is 15.8. The highest BCUT2D eigenvalue weighted by atomic mass is 35.5. The maximum Gasteiger partial charge on any atom is 0.737 e. The molecule has 2 aliphatic heterocycles. The van der Waals surface area contributed by atoms with Crippen LogP contribution in [0.5, 0.6) is 5.75 Å². The van der Waals surface area contributed by atoms with Gasteiger partial charge in [0.25, 0.3) is 0 Å². The summed E-state index contributed by atoms with van der Waals surface area (Å²) in [4.78, 5) is 11.6. The first-order valence-corrected chi connectivity index (χ1v) is 12.8. The van der Waals surface area contributed by atoms with Crippen molar-refractivity contribution in [2.24, 2.45) is 0 Å². The number of nitrogens with one attached hydrogen (secondary N) is 1. The molecule has 1 N–H and O–H groups in total. The van der Waals surface area contributed by atoms with E-state index in [0.717, 1.165) is 21.1 Å². The largest absolute Gasteiger partial charge is 0.737 e. The fraction of sp³-hybridized carbons (Fsp3) is 0.143. The lowest BCUT2D eigenvalue weighted by Gasteiger charge is -2.32. The number of ether oxygens (including phenoxy) is 1. The van der Waals surface area contributed by atoms with E-state index in [1.165, 1.54) is 30.5 Å². The smallest absolute Gasteiger partial charge is 0.428 e. The first-order chi connectivity index (χ1) is 19.4. The van der Waals surface area contributed by atoms with Crippen LogP contribution in [0.1, 0.15) is 28.1 Å². The number of carbonyl (C=O) groups is 1. The fourth-order valence-corrected chi connectivity index (χ4v) is 4.88. The summed E-state index contributed by atoms with van der Waals surface area (Å²) in [7, 11) is 0. The van der Waals surface area contributed by atoms with Crippen molar-refractivity contribution in [3.8, 4) is 5.75 Å².